The fraction of sp³-hybridized carbons (Fsp3) is 0.500. The molecule has 0 unspecified atom stereocenters. The second-order valence-corrected chi connectivity index (χ2v) is 9.71. The largest absolute Gasteiger partial charge is 0.494 e. The third kappa shape index (κ3) is 5.50. The van der Waals surface area contributed by atoms with Gasteiger partial charge in [-0.2, -0.15) is 4.98 Å². The maximum absolute atomic E-state index is 12.6. The van der Waals surface area contributed by atoms with Crippen LogP contribution in [0.1, 0.15) is 65.3 Å². The molecule has 8 heteroatoms. The summed E-state index contributed by atoms with van der Waals surface area (Å²) in [5.41, 5.74) is 0.149. The first-order chi connectivity index (χ1) is 16.2. The van der Waals surface area contributed by atoms with Gasteiger partial charge >= 0.3 is 6.09 Å². The Morgan fingerprint density at radius 3 is 2.71 bits per heavy atom. The molecule has 0 radical (unpaired) electrons. The molecule has 1 saturated heterocycles. The van der Waals surface area contributed by atoms with Crippen molar-refractivity contribution in [3.8, 4) is 17.1 Å². The number of hydrogen-bond acceptors (Lipinski definition) is 7. The monoisotopic (exact) mass is 467 g/mol. The Morgan fingerprint density at radius 1 is 1.18 bits per heavy atom. The molecular weight excluding hydrogens is 434 g/mol. The van der Waals surface area contributed by atoms with Crippen molar-refractivity contribution in [3.63, 3.8) is 0 Å². The predicted molar refractivity (Wildman–Crippen MR) is 129 cm³/mol. The molecular formula is C26H33N3O5. The summed E-state index contributed by atoms with van der Waals surface area (Å²) in [7, 11) is 0. The van der Waals surface area contributed by atoms with Crippen molar-refractivity contribution in [1.82, 2.24) is 15.0 Å². The highest BCUT2D eigenvalue weighted by Crippen LogP contribution is 2.34. The number of unbranched alkanes of at least 4 members (excludes halogenated alkanes) is 2. The number of hydrogen-bond donors (Lipinski definition) is 1. The average molecular weight is 468 g/mol. The molecule has 1 aliphatic rings. The molecule has 182 valence electrons. The molecule has 2 heterocycles. The number of nitrogens with zero attached hydrogens (tertiary/aromatic N) is 3. The number of likely N-dealkylation sites (tertiary alicyclic amines) is 1. The number of rotatable bonds is 7. The molecule has 2 aromatic carbocycles. The van der Waals surface area contributed by atoms with Gasteiger partial charge in [0, 0.05) is 12.1 Å². The van der Waals surface area contributed by atoms with E-state index in [1.54, 1.807) is 20.8 Å². The van der Waals surface area contributed by atoms with Gasteiger partial charge < -0.3 is 19.1 Å². The smallest absolute Gasteiger partial charge is 0.411 e. The van der Waals surface area contributed by atoms with E-state index in [0.717, 1.165) is 41.5 Å². The van der Waals surface area contributed by atoms with Crippen LogP contribution in [0.3, 0.4) is 0 Å². The van der Waals surface area contributed by atoms with Crippen LogP contribution in [0.4, 0.5) is 4.79 Å². The molecule has 0 bridgehead atoms. The summed E-state index contributed by atoms with van der Waals surface area (Å²) in [5.74, 6) is 1.46. The quantitative estimate of drug-likeness (QED) is 0.458. The number of carbonyl (C=O) groups excluding carboxylic acids is 1. The Labute approximate surface area is 199 Å². The van der Waals surface area contributed by atoms with Crippen molar-refractivity contribution < 1.29 is 23.9 Å². The number of fused-ring (bicyclic) bond motifs is 1. The van der Waals surface area contributed by atoms with E-state index in [2.05, 4.69) is 17.1 Å². The molecule has 1 aliphatic heterocycles. The lowest BCUT2D eigenvalue weighted by atomic mass is 10.1. The molecule has 1 aromatic heterocycles. The van der Waals surface area contributed by atoms with Crippen LogP contribution in [-0.2, 0) is 4.74 Å². The van der Waals surface area contributed by atoms with Gasteiger partial charge in [-0.05, 0) is 62.6 Å². The minimum absolute atomic E-state index is 0.196. The molecule has 2 atom stereocenters. The summed E-state index contributed by atoms with van der Waals surface area (Å²) in [6.45, 7) is 8.66. The Hall–Kier alpha value is -3.13. The van der Waals surface area contributed by atoms with E-state index in [-0.39, 0.29) is 5.89 Å². The zero-order valence-electron chi connectivity index (χ0n) is 20.3. The molecule has 1 amide bonds. The first-order valence-electron chi connectivity index (χ1n) is 11.9. The van der Waals surface area contributed by atoms with E-state index in [1.165, 1.54) is 11.3 Å². The first kappa shape index (κ1) is 24.0. The molecule has 0 spiro atoms. The fourth-order valence-corrected chi connectivity index (χ4v) is 4.07. The highest BCUT2D eigenvalue weighted by molar-refractivity contribution is 5.87. The van der Waals surface area contributed by atoms with E-state index in [4.69, 9.17) is 14.0 Å². The van der Waals surface area contributed by atoms with Crippen molar-refractivity contribution in [1.29, 1.82) is 0 Å². The normalized spacial score (nSPS) is 18.4. The van der Waals surface area contributed by atoms with Gasteiger partial charge in [0.15, 0.2) is 0 Å². The number of ether oxygens (including phenoxy) is 2. The highest BCUT2D eigenvalue weighted by atomic mass is 16.6. The predicted octanol–water partition coefficient (Wildman–Crippen LogP) is 5.50. The van der Waals surface area contributed by atoms with E-state index in [0.29, 0.717) is 18.8 Å². The third-order valence-corrected chi connectivity index (χ3v) is 5.78. The fourth-order valence-electron chi connectivity index (χ4n) is 4.07. The van der Waals surface area contributed by atoms with Crippen LogP contribution >= 0.6 is 0 Å². The van der Waals surface area contributed by atoms with Gasteiger partial charge in [-0.25, -0.2) is 4.79 Å². The van der Waals surface area contributed by atoms with Crippen LogP contribution in [0, 0.1) is 0 Å². The lowest BCUT2D eigenvalue weighted by Gasteiger charge is -2.27. The van der Waals surface area contributed by atoms with Gasteiger partial charge in [0.25, 0.3) is 5.89 Å². The van der Waals surface area contributed by atoms with Crippen molar-refractivity contribution in [2.75, 3.05) is 13.2 Å². The molecule has 8 nitrogen and oxygen atoms in total. The van der Waals surface area contributed by atoms with Gasteiger partial charge in [0.05, 0.1) is 12.7 Å². The summed E-state index contributed by atoms with van der Waals surface area (Å²) >= 11 is 0. The Bertz CT molecular complexity index is 1140. The van der Waals surface area contributed by atoms with E-state index in [1.807, 2.05) is 36.4 Å². The molecule has 4 rings (SSSR count). The second-order valence-electron chi connectivity index (χ2n) is 9.71. The highest BCUT2D eigenvalue weighted by Gasteiger charge is 2.42. The van der Waals surface area contributed by atoms with E-state index in [9.17, 15) is 9.90 Å². The summed E-state index contributed by atoms with van der Waals surface area (Å²) in [6, 6.07) is 11.2. The second kappa shape index (κ2) is 10.0. The van der Waals surface area contributed by atoms with Crippen LogP contribution in [0.15, 0.2) is 40.9 Å². The molecule has 34 heavy (non-hydrogen) atoms. The van der Waals surface area contributed by atoms with Crippen LogP contribution in [0.25, 0.3) is 22.2 Å². The van der Waals surface area contributed by atoms with Crippen LogP contribution < -0.4 is 4.74 Å². The van der Waals surface area contributed by atoms with Crippen molar-refractivity contribution in [3.05, 3.63) is 42.3 Å². The molecule has 0 aliphatic carbocycles. The Balaban J connectivity index is 1.51. The van der Waals surface area contributed by atoms with Crippen molar-refractivity contribution >= 4 is 16.9 Å². The number of aliphatic hydroxyl groups excluding tert-OH is 1. The maximum Gasteiger partial charge on any atom is 0.411 e. The topological polar surface area (TPSA) is 97.9 Å². The average Bonchev–Trinajstić information content (AvgIpc) is 3.42. The summed E-state index contributed by atoms with van der Waals surface area (Å²) in [4.78, 5) is 18.6. The summed E-state index contributed by atoms with van der Waals surface area (Å²) in [6.07, 6.45) is 2.49. The van der Waals surface area contributed by atoms with Gasteiger partial charge in [-0.3, -0.25) is 4.90 Å². The zero-order chi connectivity index (χ0) is 24.3. The minimum Gasteiger partial charge on any atom is -0.494 e. The lowest BCUT2D eigenvalue weighted by molar-refractivity contribution is 0.0107. The van der Waals surface area contributed by atoms with E-state index >= 15 is 0 Å². The number of aliphatic hydroxyl groups is 1. The van der Waals surface area contributed by atoms with Gasteiger partial charge in [-0.1, -0.05) is 43.1 Å². The minimum atomic E-state index is -0.798. The van der Waals surface area contributed by atoms with Gasteiger partial charge in [0.2, 0.25) is 5.82 Å². The number of amides is 1. The number of carbonyl (C=O) groups is 1. The SMILES string of the molecule is CCCCCOc1ccc2cc(-c3noc([C@@H]4[C@@H](O)CCN4C(=O)OC(C)(C)C)n3)ccc2c1. The zero-order valence-corrected chi connectivity index (χ0v) is 20.3. The standard InChI is InChI=1S/C26H33N3O5/c1-5-6-7-14-32-20-11-10-17-15-19(9-8-18(17)16-20)23-27-24(34-28-23)22-21(30)12-13-29(22)25(31)33-26(2,3)4/h8-11,15-16,21-22,30H,5-7,12-14H2,1-4H3/t21-,22-/m0/s1. The number of benzene rings is 2. The molecule has 1 fully saturated rings. The maximum atomic E-state index is 12.6. The first-order valence-corrected chi connectivity index (χ1v) is 11.9. The summed E-state index contributed by atoms with van der Waals surface area (Å²) < 4.78 is 16.8. The third-order valence-electron chi connectivity index (χ3n) is 5.78. The van der Waals surface area contributed by atoms with Crippen LogP contribution in [0.5, 0.6) is 5.75 Å². The molecule has 3 aromatic rings. The van der Waals surface area contributed by atoms with Crippen molar-refractivity contribution in [2.24, 2.45) is 0 Å². The Kier molecular flexibility index (Phi) is 7.07. The van der Waals surface area contributed by atoms with Crippen molar-refractivity contribution in [2.45, 2.75) is 71.1 Å². The molecule has 1 N–H and O–H groups in total. The number of aromatic nitrogens is 2. The summed E-state index contributed by atoms with van der Waals surface area (Å²) in [5, 5.41) is 16.7. The van der Waals surface area contributed by atoms with Crippen LogP contribution in [0.2, 0.25) is 0 Å². The lowest BCUT2D eigenvalue weighted by Crippen LogP contribution is -2.38. The molecule has 0 saturated carbocycles. The van der Waals surface area contributed by atoms with Crippen LogP contribution in [-0.4, -0.2) is 51.1 Å². The Morgan fingerprint density at radius 2 is 1.94 bits per heavy atom. The van der Waals surface area contributed by atoms with E-state index < -0.39 is 23.8 Å². The van der Waals surface area contributed by atoms with Gasteiger partial charge in [0.1, 0.15) is 17.4 Å². The van der Waals surface area contributed by atoms with Gasteiger partial charge in [-0.15, -0.1) is 0 Å².